The van der Waals surface area contributed by atoms with Gasteiger partial charge in [-0.15, -0.1) is 0 Å². The van der Waals surface area contributed by atoms with Gasteiger partial charge in [-0.1, -0.05) is 5.57 Å². The van der Waals surface area contributed by atoms with Crippen molar-refractivity contribution in [3.05, 3.63) is 11.1 Å². The molecule has 0 heterocycles. The van der Waals surface area contributed by atoms with Crippen LogP contribution in [0.4, 0.5) is 0 Å². The quantitative estimate of drug-likeness (QED) is 0.334. The van der Waals surface area contributed by atoms with E-state index in [0.717, 1.165) is 5.92 Å². The summed E-state index contributed by atoms with van der Waals surface area (Å²) in [6.45, 7) is 0.620. The molecule has 2 aliphatic rings. The lowest BCUT2D eigenvalue weighted by molar-refractivity contribution is 0.554. The second kappa shape index (κ2) is 2.63. The van der Waals surface area contributed by atoms with Crippen molar-refractivity contribution in [3.63, 3.8) is 0 Å². The van der Waals surface area contributed by atoms with E-state index in [1.165, 1.54) is 31.3 Å². The molecule has 1 fully saturated rings. The number of isocyanates is 1. The van der Waals surface area contributed by atoms with E-state index in [1.807, 2.05) is 0 Å². The molecule has 0 saturated heterocycles. The predicted octanol–water partition coefficient (Wildman–Crippen LogP) is 1.82. The maximum absolute atomic E-state index is 9.85. The van der Waals surface area contributed by atoms with E-state index in [4.69, 9.17) is 0 Å². The Morgan fingerprint density at radius 2 is 2.45 bits per heavy atom. The van der Waals surface area contributed by atoms with E-state index in [1.54, 1.807) is 11.7 Å². The molecule has 0 radical (unpaired) electrons. The van der Waals surface area contributed by atoms with E-state index < -0.39 is 0 Å². The van der Waals surface area contributed by atoms with Gasteiger partial charge in [-0.05, 0) is 37.2 Å². The summed E-state index contributed by atoms with van der Waals surface area (Å²) in [5, 5.41) is 0. The van der Waals surface area contributed by atoms with Gasteiger partial charge in [-0.2, -0.15) is 0 Å². The first-order valence-electron chi connectivity index (χ1n) is 4.13. The number of aliphatic imine (C=N–C) groups is 1. The molecule has 0 aromatic carbocycles. The highest BCUT2D eigenvalue weighted by molar-refractivity contribution is 5.35. The summed E-state index contributed by atoms with van der Waals surface area (Å²) in [5.41, 5.74) is 3.00. The van der Waals surface area contributed by atoms with Gasteiger partial charge >= 0.3 is 0 Å². The monoisotopic (exact) mass is 149 g/mol. The van der Waals surface area contributed by atoms with Gasteiger partial charge in [-0.3, -0.25) is 0 Å². The Kier molecular flexibility index (Phi) is 1.63. The lowest BCUT2D eigenvalue weighted by atomic mass is 9.99. The van der Waals surface area contributed by atoms with Crippen LogP contribution in [0.5, 0.6) is 0 Å². The third kappa shape index (κ3) is 1.14. The lowest BCUT2D eigenvalue weighted by Gasteiger charge is -2.08. The fourth-order valence-electron chi connectivity index (χ4n) is 2.22. The van der Waals surface area contributed by atoms with Gasteiger partial charge in [0, 0.05) is 0 Å². The molecule has 0 aromatic rings. The zero-order valence-corrected chi connectivity index (χ0v) is 6.47. The summed E-state index contributed by atoms with van der Waals surface area (Å²) in [6, 6.07) is 0. The highest BCUT2D eigenvalue weighted by atomic mass is 16.1. The predicted molar refractivity (Wildman–Crippen MR) is 42.0 cm³/mol. The number of nitrogens with zero attached hydrogens (tertiary/aromatic N) is 1. The Morgan fingerprint density at radius 3 is 3.00 bits per heavy atom. The zero-order valence-electron chi connectivity index (χ0n) is 6.47. The molecule has 2 bridgehead atoms. The molecule has 11 heavy (non-hydrogen) atoms. The van der Waals surface area contributed by atoms with Crippen LogP contribution in [0, 0.1) is 5.92 Å². The van der Waals surface area contributed by atoms with E-state index in [9.17, 15) is 4.79 Å². The number of fused-ring (bicyclic) bond motifs is 2. The van der Waals surface area contributed by atoms with Crippen molar-refractivity contribution in [2.75, 3.05) is 6.54 Å². The van der Waals surface area contributed by atoms with Gasteiger partial charge < -0.3 is 0 Å². The Bertz CT molecular complexity index is 248. The van der Waals surface area contributed by atoms with Gasteiger partial charge in [0.05, 0.1) is 6.54 Å². The molecule has 2 heteroatoms. The molecule has 2 aliphatic carbocycles. The average molecular weight is 149 g/mol. The maximum Gasteiger partial charge on any atom is 0.235 e. The molecule has 0 N–H and O–H groups in total. The van der Waals surface area contributed by atoms with Crippen molar-refractivity contribution in [2.24, 2.45) is 10.9 Å². The van der Waals surface area contributed by atoms with Gasteiger partial charge in [0.2, 0.25) is 6.08 Å². The topological polar surface area (TPSA) is 29.4 Å². The largest absolute Gasteiger partial charge is 0.235 e. The number of allylic oxidation sites excluding steroid dienone is 1. The number of hydrogen-bond acceptors (Lipinski definition) is 2. The summed E-state index contributed by atoms with van der Waals surface area (Å²) in [4.78, 5) is 13.5. The standard InChI is InChI=1S/C9H11NO/c11-6-10-5-9-4-7-1-2-8(9)3-7/h7H,1-5H2. The van der Waals surface area contributed by atoms with Crippen molar-refractivity contribution >= 4 is 6.08 Å². The summed E-state index contributed by atoms with van der Waals surface area (Å²) < 4.78 is 0. The molecule has 0 amide bonds. The number of carbonyl (C=O) groups excluding carboxylic acids is 1. The lowest BCUT2D eigenvalue weighted by Crippen LogP contribution is -1.96. The summed E-state index contributed by atoms with van der Waals surface area (Å²) in [6.07, 6.45) is 6.69. The van der Waals surface area contributed by atoms with Gasteiger partial charge in [0.1, 0.15) is 0 Å². The first-order chi connectivity index (χ1) is 5.40. The molecule has 1 unspecified atom stereocenters. The van der Waals surface area contributed by atoms with Crippen molar-refractivity contribution in [1.29, 1.82) is 0 Å². The molecular formula is C9H11NO. The summed E-state index contributed by atoms with van der Waals surface area (Å²) in [5.74, 6) is 0.891. The van der Waals surface area contributed by atoms with E-state index in [-0.39, 0.29) is 0 Å². The van der Waals surface area contributed by atoms with Crippen molar-refractivity contribution in [3.8, 4) is 0 Å². The van der Waals surface area contributed by atoms with E-state index in [0.29, 0.717) is 6.54 Å². The third-order valence-electron chi connectivity index (χ3n) is 2.76. The Labute approximate surface area is 66.0 Å². The van der Waals surface area contributed by atoms with Crippen LogP contribution in [0.15, 0.2) is 16.1 Å². The van der Waals surface area contributed by atoms with Crippen LogP contribution >= 0.6 is 0 Å². The molecule has 2 nitrogen and oxygen atoms in total. The minimum Gasteiger partial charge on any atom is -0.211 e. The zero-order chi connectivity index (χ0) is 7.68. The van der Waals surface area contributed by atoms with Crippen molar-refractivity contribution in [2.45, 2.75) is 25.7 Å². The SMILES string of the molecule is O=C=NCC1=C2CCC(C2)C1. The van der Waals surface area contributed by atoms with Crippen LogP contribution in [0.25, 0.3) is 0 Å². The Balaban J connectivity index is 2.09. The molecule has 0 spiro atoms. The van der Waals surface area contributed by atoms with E-state index >= 15 is 0 Å². The van der Waals surface area contributed by atoms with E-state index in [2.05, 4.69) is 4.99 Å². The van der Waals surface area contributed by atoms with Crippen LogP contribution < -0.4 is 0 Å². The van der Waals surface area contributed by atoms with Crippen LogP contribution in [0.2, 0.25) is 0 Å². The molecule has 58 valence electrons. The maximum atomic E-state index is 9.85. The highest BCUT2D eigenvalue weighted by Crippen LogP contribution is 2.43. The second-order valence-electron chi connectivity index (χ2n) is 3.43. The third-order valence-corrected chi connectivity index (χ3v) is 2.76. The fourth-order valence-corrected chi connectivity index (χ4v) is 2.22. The Morgan fingerprint density at radius 1 is 1.55 bits per heavy atom. The average Bonchev–Trinajstić information content (AvgIpc) is 2.60. The smallest absolute Gasteiger partial charge is 0.211 e. The normalized spacial score (nSPS) is 27.5. The first kappa shape index (κ1) is 6.81. The van der Waals surface area contributed by atoms with Gasteiger partial charge in [-0.25, -0.2) is 9.79 Å². The minimum atomic E-state index is 0.620. The van der Waals surface area contributed by atoms with Crippen molar-refractivity contribution in [1.82, 2.24) is 0 Å². The highest BCUT2D eigenvalue weighted by Gasteiger charge is 2.29. The van der Waals surface area contributed by atoms with Crippen LogP contribution in [-0.2, 0) is 4.79 Å². The molecule has 0 aromatic heterocycles. The number of hydrogen-bond donors (Lipinski definition) is 0. The molecule has 1 atom stereocenters. The molecular weight excluding hydrogens is 138 g/mol. The van der Waals surface area contributed by atoms with Crippen molar-refractivity contribution < 1.29 is 4.79 Å². The fraction of sp³-hybridized carbons (Fsp3) is 0.667. The second-order valence-corrected chi connectivity index (χ2v) is 3.43. The minimum absolute atomic E-state index is 0.620. The van der Waals surface area contributed by atoms with Crippen LogP contribution in [0.1, 0.15) is 25.7 Å². The van der Waals surface area contributed by atoms with Gasteiger partial charge in [0.15, 0.2) is 0 Å². The molecule has 1 saturated carbocycles. The summed E-state index contributed by atoms with van der Waals surface area (Å²) in [7, 11) is 0. The van der Waals surface area contributed by atoms with Gasteiger partial charge in [0.25, 0.3) is 0 Å². The first-order valence-corrected chi connectivity index (χ1v) is 4.13. The summed E-state index contributed by atoms with van der Waals surface area (Å²) >= 11 is 0. The van der Waals surface area contributed by atoms with Crippen LogP contribution in [0.3, 0.4) is 0 Å². The molecule has 2 rings (SSSR count). The molecule has 0 aliphatic heterocycles. The van der Waals surface area contributed by atoms with Crippen LogP contribution in [-0.4, -0.2) is 12.6 Å². The Hall–Kier alpha value is -0.880. The number of rotatable bonds is 2.